The summed E-state index contributed by atoms with van der Waals surface area (Å²) in [5.41, 5.74) is 3.31. The molecule has 0 radical (unpaired) electrons. The fraction of sp³-hybridized carbons (Fsp3) is 0.0769. The van der Waals surface area contributed by atoms with Gasteiger partial charge in [0.05, 0.1) is 24.5 Å². The smallest absolute Gasteiger partial charge is 0.299 e. The van der Waals surface area contributed by atoms with Gasteiger partial charge in [0.15, 0.2) is 0 Å². The van der Waals surface area contributed by atoms with Gasteiger partial charge in [0.1, 0.15) is 5.75 Å². The Morgan fingerprint density at radius 3 is 2.84 bits per heavy atom. The van der Waals surface area contributed by atoms with E-state index in [0.29, 0.717) is 10.6 Å². The van der Waals surface area contributed by atoms with Crippen molar-refractivity contribution in [2.75, 3.05) is 5.43 Å². The molecule has 0 aliphatic rings. The number of hydrazone groups is 1. The van der Waals surface area contributed by atoms with E-state index in [1.165, 1.54) is 12.3 Å². The monoisotopic (exact) mass is 296 g/mol. The van der Waals surface area contributed by atoms with Gasteiger partial charge in [0.2, 0.25) is 0 Å². The highest BCUT2D eigenvalue weighted by molar-refractivity contribution is 6.36. The zero-order valence-corrected chi connectivity index (χ0v) is 11.7. The highest BCUT2D eigenvalue weighted by Crippen LogP contribution is 2.29. The van der Waals surface area contributed by atoms with Crippen LogP contribution in [0.5, 0.6) is 5.75 Å². The van der Waals surface area contributed by atoms with E-state index in [9.17, 15) is 5.11 Å². The molecule has 1 aromatic carbocycles. The summed E-state index contributed by atoms with van der Waals surface area (Å²) < 4.78 is 1.88. The number of nitrogens with one attached hydrogen (secondary N) is 1. The van der Waals surface area contributed by atoms with Crippen LogP contribution in [0.15, 0.2) is 41.6 Å². The minimum absolute atomic E-state index is 0.0472. The number of hydrogen-bond acceptors (Lipinski definition) is 3. The minimum atomic E-state index is -0.0472. The Balaban J connectivity index is 2.18. The van der Waals surface area contributed by atoms with Crippen molar-refractivity contribution in [1.82, 2.24) is 0 Å². The zero-order valence-electron chi connectivity index (χ0n) is 10.1. The molecule has 0 unspecified atom stereocenters. The standard InChI is InChI=1S/C13H11Cl2N3O/c1-18-5-3-2-4-12(18)17-16-8-9-6-10(14)7-11(15)13(9)19/h2-8H,1H3,(H,16,19)/p+1. The molecule has 0 amide bonds. The van der Waals surface area contributed by atoms with Crippen molar-refractivity contribution in [3.05, 3.63) is 52.1 Å². The summed E-state index contributed by atoms with van der Waals surface area (Å²) in [6.07, 6.45) is 3.35. The molecule has 98 valence electrons. The lowest BCUT2D eigenvalue weighted by Crippen LogP contribution is -2.30. The van der Waals surface area contributed by atoms with Crippen LogP contribution in [-0.2, 0) is 7.05 Å². The molecule has 0 bridgehead atoms. The maximum Gasteiger partial charge on any atom is 0.299 e. The molecule has 0 fully saturated rings. The predicted molar refractivity (Wildman–Crippen MR) is 77.0 cm³/mol. The summed E-state index contributed by atoms with van der Waals surface area (Å²) in [6, 6.07) is 8.74. The number of phenolic OH excluding ortho intramolecular Hbond substituents is 1. The molecule has 0 saturated carbocycles. The van der Waals surface area contributed by atoms with Crippen LogP contribution >= 0.6 is 23.2 Å². The van der Waals surface area contributed by atoms with Gasteiger partial charge in [-0.25, -0.2) is 4.57 Å². The third-order valence-corrected chi connectivity index (χ3v) is 3.00. The number of rotatable bonds is 3. The predicted octanol–water partition coefficient (Wildman–Crippen LogP) is 2.97. The second-order valence-corrected chi connectivity index (χ2v) is 4.74. The molecule has 2 rings (SSSR count). The quantitative estimate of drug-likeness (QED) is 0.520. The van der Waals surface area contributed by atoms with E-state index in [4.69, 9.17) is 23.2 Å². The number of halogens is 2. The number of pyridine rings is 1. The SMILES string of the molecule is C[n+]1ccccc1NN=Cc1cc(Cl)cc(Cl)c1O. The van der Waals surface area contributed by atoms with Crippen LogP contribution in [0.4, 0.5) is 5.82 Å². The highest BCUT2D eigenvalue weighted by Gasteiger charge is 2.07. The average molecular weight is 297 g/mol. The second kappa shape index (κ2) is 5.91. The molecule has 4 nitrogen and oxygen atoms in total. The Morgan fingerprint density at radius 2 is 2.11 bits per heavy atom. The summed E-state index contributed by atoms with van der Waals surface area (Å²) in [7, 11) is 1.89. The molecule has 0 spiro atoms. The van der Waals surface area contributed by atoms with E-state index in [0.717, 1.165) is 5.82 Å². The van der Waals surface area contributed by atoms with Crippen molar-refractivity contribution in [3.63, 3.8) is 0 Å². The molecular formula is C13H12Cl2N3O+. The number of phenols is 1. The van der Waals surface area contributed by atoms with Crippen molar-refractivity contribution in [3.8, 4) is 5.75 Å². The van der Waals surface area contributed by atoms with Gasteiger partial charge < -0.3 is 5.11 Å². The molecule has 0 saturated heterocycles. The van der Waals surface area contributed by atoms with Crippen LogP contribution < -0.4 is 9.99 Å². The van der Waals surface area contributed by atoms with Crippen LogP contribution in [0.25, 0.3) is 0 Å². The molecule has 0 aliphatic heterocycles. The molecule has 6 heteroatoms. The lowest BCUT2D eigenvalue weighted by atomic mass is 10.2. The first kappa shape index (κ1) is 13.6. The largest absolute Gasteiger partial charge is 0.506 e. The third kappa shape index (κ3) is 3.36. The van der Waals surface area contributed by atoms with Crippen molar-refractivity contribution in [2.24, 2.45) is 12.1 Å². The first-order valence-corrected chi connectivity index (χ1v) is 6.25. The second-order valence-electron chi connectivity index (χ2n) is 3.89. The normalized spacial score (nSPS) is 10.9. The Hall–Kier alpha value is -1.78. The fourth-order valence-electron chi connectivity index (χ4n) is 1.49. The van der Waals surface area contributed by atoms with Crippen LogP contribution in [-0.4, -0.2) is 11.3 Å². The molecule has 19 heavy (non-hydrogen) atoms. The van der Waals surface area contributed by atoms with Gasteiger partial charge in [0.25, 0.3) is 5.82 Å². The van der Waals surface area contributed by atoms with E-state index < -0.39 is 0 Å². The average Bonchev–Trinajstić information content (AvgIpc) is 2.37. The van der Waals surface area contributed by atoms with E-state index in [1.54, 1.807) is 6.07 Å². The summed E-state index contributed by atoms with van der Waals surface area (Å²) in [5.74, 6) is 0.764. The topological polar surface area (TPSA) is 48.5 Å². The number of anilines is 1. The van der Waals surface area contributed by atoms with Gasteiger partial charge in [-0.1, -0.05) is 34.4 Å². The number of aromatic nitrogens is 1. The maximum atomic E-state index is 9.76. The first-order valence-electron chi connectivity index (χ1n) is 5.49. The van der Waals surface area contributed by atoms with Crippen molar-refractivity contribution >= 4 is 35.2 Å². The molecule has 0 atom stereocenters. The molecule has 1 aromatic heterocycles. The fourth-order valence-corrected chi connectivity index (χ4v) is 2.00. The Kier molecular flexibility index (Phi) is 4.24. The Morgan fingerprint density at radius 1 is 1.32 bits per heavy atom. The molecular weight excluding hydrogens is 285 g/mol. The Bertz CT molecular complexity index is 629. The number of aryl methyl sites for hydroxylation is 1. The number of hydrogen-bond donors (Lipinski definition) is 2. The Labute approximate surface area is 120 Å². The highest BCUT2D eigenvalue weighted by atomic mass is 35.5. The van der Waals surface area contributed by atoms with Crippen LogP contribution in [0.2, 0.25) is 10.0 Å². The maximum absolute atomic E-state index is 9.76. The van der Waals surface area contributed by atoms with Gasteiger partial charge in [-0.15, -0.1) is 5.43 Å². The summed E-state index contributed by atoms with van der Waals surface area (Å²) in [4.78, 5) is 0. The number of benzene rings is 1. The van der Waals surface area contributed by atoms with Crippen LogP contribution in [0.1, 0.15) is 5.56 Å². The summed E-state index contributed by atoms with van der Waals surface area (Å²) in [6.45, 7) is 0. The lowest BCUT2D eigenvalue weighted by molar-refractivity contribution is -0.657. The van der Waals surface area contributed by atoms with E-state index in [-0.39, 0.29) is 10.8 Å². The third-order valence-electron chi connectivity index (χ3n) is 2.50. The van der Waals surface area contributed by atoms with Crippen LogP contribution in [0, 0.1) is 0 Å². The molecule has 2 N–H and O–H groups in total. The zero-order chi connectivity index (χ0) is 13.8. The van der Waals surface area contributed by atoms with E-state index in [1.807, 2.05) is 36.0 Å². The lowest BCUT2D eigenvalue weighted by Gasteiger charge is -2.01. The number of nitrogens with zero attached hydrogens (tertiary/aromatic N) is 2. The summed E-state index contributed by atoms with van der Waals surface area (Å²) >= 11 is 11.7. The summed E-state index contributed by atoms with van der Waals surface area (Å²) in [5, 5.41) is 14.4. The van der Waals surface area contributed by atoms with Crippen molar-refractivity contribution in [1.29, 1.82) is 0 Å². The van der Waals surface area contributed by atoms with Gasteiger partial charge in [-0.3, -0.25) is 0 Å². The van der Waals surface area contributed by atoms with Gasteiger partial charge >= 0.3 is 0 Å². The number of aromatic hydroxyl groups is 1. The minimum Gasteiger partial charge on any atom is -0.506 e. The molecule has 1 heterocycles. The molecule has 2 aromatic rings. The van der Waals surface area contributed by atoms with Gasteiger partial charge in [-0.2, -0.15) is 0 Å². The van der Waals surface area contributed by atoms with Gasteiger partial charge in [0, 0.05) is 16.7 Å². The first-order chi connectivity index (χ1) is 9.08. The van der Waals surface area contributed by atoms with E-state index in [2.05, 4.69) is 10.5 Å². The van der Waals surface area contributed by atoms with Gasteiger partial charge in [-0.05, 0) is 18.2 Å². The van der Waals surface area contributed by atoms with Crippen molar-refractivity contribution < 1.29 is 9.67 Å². The van der Waals surface area contributed by atoms with E-state index >= 15 is 0 Å². The van der Waals surface area contributed by atoms with Crippen LogP contribution in [0.3, 0.4) is 0 Å². The van der Waals surface area contributed by atoms with Crippen molar-refractivity contribution in [2.45, 2.75) is 0 Å². The molecule has 0 aliphatic carbocycles.